The van der Waals surface area contributed by atoms with Crippen molar-refractivity contribution in [2.45, 2.75) is 26.2 Å². The maximum Gasteiger partial charge on any atom is 0.130 e. The molecule has 1 nitrogen and oxygen atoms in total. The Bertz CT molecular complexity index is 543. The number of rotatable bonds is 2. The Morgan fingerprint density at radius 2 is 1.88 bits per heavy atom. The van der Waals surface area contributed by atoms with Gasteiger partial charge in [0.1, 0.15) is 11.5 Å². The molecule has 0 radical (unpaired) electrons. The van der Waals surface area contributed by atoms with Crippen molar-refractivity contribution < 1.29 is 4.74 Å². The molecule has 0 fully saturated rings. The van der Waals surface area contributed by atoms with Gasteiger partial charge >= 0.3 is 0 Å². The number of hydrogen-bond donors (Lipinski definition) is 0. The maximum atomic E-state index is 6.00. The molecule has 2 aromatic rings. The number of fused-ring (bicyclic) bond motifs is 1. The lowest BCUT2D eigenvalue weighted by Gasteiger charge is -2.10. The van der Waals surface area contributed by atoms with Gasteiger partial charge < -0.3 is 4.74 Å². The maximum absolute atomic E-state index is 6.00. The predicted molar refractivity (Wildman–Crippen MR) is 69.7 cm³/mol. The van der Waals surface area contributed by atoms with E-state index in [9.17, 15) is 0 Å². The van der Waals surface area contributed by atoms with E-state index < -0.39 is 0 Å². The first kappa shape index (κ1) is 10.4. The van der Waals surface area contributed by atoms with E-state index in [1.54, 1.807) is 0 Å². The molecule has 0 aliphatic heterocycles. The van der Waals surface area contributed by atoms with Crippen molar-refractivity contribution >= 4 is 0 Å². The zero-order chi connectivity index (χ0) is 11.7. The van der Waals surface area contributed by atoms with Crippen LogP contribution in [0.1, 0.15) is 23.1 Å². The van der Waals surface area contributed by atoms with Gasteiger partial charge in [-0.3, -0.25) is 0 Å². The normalized spacial score (nSPS) is 13.5. The summed E-state index contributed by atoms with van der Waals surface area (Å²) in [6.07, 6.45) is 3.60. The highest BCUT2D eigenvalue weighted by atomic mass is 16.5. The first-order valence-corrected chi connectivity index (χ1v) is 6.18. The fourth-order valence-corrected chi connectivity index (χ4v) is 2.49. The lowest BCUT2D eigenvalue weighted by Crippen LogP contribution is -1.91. The molecule has 1 aliphatic carbocycles. The molecule has 0 N–H and O–H groups in total. The van der Waals surface area contributed by atoms with Crippen molar-refractivity contribution in [3.63, 3.8) is 0 Å². The lowest BCUT2D eigenvalue weighted by molar-refractivity contribution is 0.476. The number of ether oxygens (including phenoxy) is 1. The molecule has 17 heavy (non-hydrogen) atoms. The minimum absolute atomic E-state index is 0.935. The van der Waals surface area contributed by atoms with Crippen LogP contribution in [0, 0.1) is 6.92 Å². The van der Waals surface area contributed by atoms with E-state index in [1.807, 2.05) is 12.1 Å². The summed E-state index contributed by atoms with van der Waals surface area (Å²) in [4.78, 5) is 0. The highest BCUT2D eigenvalue weighted by molar-refractivity contribution is 5.45. The first-order valence-electron chi connectivity index (χ1n) is 6.18. The summed E-state index contributed by atoms with van der Waals surface area (Å²) in [7, 11) is 0. The van der Waals surface area contributed by atoms with Crippen LogP contribution >= 0.6 is 0 Å². The molecule has 0 saturated carbocycles. The molecule has 3 rings (SSSR count). The van der Waals surface area contributed by atoms with Crippen LogP contribution in [0.4, 0.5) is 0 Å². The second kappa shape index (κ2) is 4.25. The molecule has 0 spiro atoms. The van der Waals surface area contributed by atoms with Crippen molar-refractivity contribution in [2.24, 2.45) is 0 Å². The Labute approximate surface area is 102 Å². The van der Waals surface area contributed by atoms with Crippen LogP contribution in [0.15, 0.2) is 42.5 Å². The van der Waals surface area contributed by atoms with E-state index in [0.29, 0.717) is 0 Å². The average Bonchev–Trinajstić information content (AvgIpc) is 2.78. The van der Waals surface area contributed by atoms with Crippen LogP contribution in [0.3, 0.4) is 0 Å². The largest absolute Gasteiger partial charge is 0.457 e. The summed E-state index contributed by atoms with van der Waals surface area (Å²) in [5, 5.41) is 0. The molecule has 0 heterocycles. The van der Waals surface area contributed by atoms with Gasteiger partial charge in [-0.2, -0.15) is 0 Å². The van der Waals surface area contributed by atoms with Crippen LogP contribution in [0.25, 0.3) is 0 Å². The highest BCUT2D eigenvalue weighted by Gasteiger charge is 2.15. The molecule has 0 aromatic heterocycles. The molecular weight excluding hydrogens is 208 g/mol. The lowest BCUT2D eigenvalue weighted by atomic mass is 10.1. The molecule has 0 atom stereocenters. The van der Waals surface area contributed by atoms with Gasteiger partial charge in [-0.05, 0) is 61.1 Å². The van der Waals surface area contributed by atoms with Crippen molar-refractivity contribution in [2.75, 3.05) is 0 Å². The first-order chi connectivity index (χ1) is 8.33. The fraction of sp³-hybridized carbons (Fsp3) is 0.250. The second-order valence-corrected chi connectivity index (χ2v) is 4.67. The third-order valence-corrected chi connectivity index (χ3v) is 3.32. The van der Waals surface area contributed by atoms with Crippen molar-refractivity contribution in [1.82, 2.24) is 0 Å². The Morgan fingerprint density at radius 3 is 2.76 bits per heavy atom. The number of aryl methyl sites for hydroxylation is 2. The summed E-state index contributed by atoms with van der Waals surface area (Å²) in [6, 6.07) is 14.6. The van der Waals surface area contributed by atoms with Gasteiger partial charge in [-0.1, -0.05) is 24.3 Å². The predicted octanol–water partition coefficient (Wildman–Crippen LogP) is 4.28. The molecule has 2 aromatic carbocycles. The van der Waals surface area contributed by atoms with Crippen molar-refractivity contribution in [3.05, 3.63) is 59.2 Å². The van der Waals surface area contributed by atoms with E-state index in [1.165, 1.54) is 29.5 Å². The number of benzene rings is 2. The molecule has 0 bridgehead atoms. The summed E-state index contributed by atoms with van der Waals surface area (Å²) in [5.41, 5.74) is 4.08. The van der Waals surface area contributed by atoms with Crippen LogP contribution in [-0.2, 0) is 12.8 Å². The molecule has 0 saturated heterocycles. The van der Waals surface area contributed by atoms with Gasteiger partial charge in [0.15, 0.2) is 0 Å². The SMILES string of the molecule is Cc1cccc(Oc2cccc3c2CCC3)c1. The van der Waals surface area contributed by atoms with Gasteiger partial charge in [0.25, 0.3) is 0 Å². The number of hydrogen-bond acceptors (Lipinski definition) is 1. The summed E-state index contributed by atoms with van der Waals surface area (Å²) in [5.74, 6) is 1.97. The van der Waals surface area contributed by atoms with Crippen molar-refractivity contribution in [1.29, 1.82) is 0 Å². The molecule has 1 aliphatic rings. The van der Waals surface area contributed by atoms with Gasteiger partial charge in [-0.15, -0.1) is 0 Å². The zero-order valence-electron chi connectivity index (χ0n) is 10.1. The summed E-state index contributed by atoms with van der Waals surface area (Å²) < 4.78 is 6.00. The van der Waals surface area contributed by atoms with Gasteiger partial charge in [-0.25, -0.2) is 0 Å². The van der Waals surface area contributed by atoms with Gasteiger partial charge in [0.05, 0.1) is 0 Å². The molecule has 86 valence electrons. The standard InChI is InChI=1S/C16H16O/c1-12-5-2-8-14(11-12)17-16-10-4-7-13-6-3-9-15(13)16/h2,4-5,7-8,10-11H,3,6,9H2,1H3. The minimum atomic E-state index is 0.935. The van der Waals surface area contributed by atoms with Crippen LogP contribution in [-0.4, -0.2) is 0 Å². The Balaban J connectivity index is 1.93. The van der Waals surface area contributed by atoms with Crippen molar-refractivity contribution in [3.8, 4) is 11.5 Å². The second-order valence-electron chi connectivity index (χ2n) is 4.67. The Morgan fingerprint density at radius 1 is 1.00 bits per heavy atom. The summed E-state index contributed by atoms with van der Waals surface area (Å²) in [6.45, 7) is 2.09. The van der Waals surface area contributed by atoms with Crippen LogP contribution < -0.4 is 4.74 Å². The highest BCUT2D eigenvalue weighted by Crippen LogP contribution is 2.33. The van der Waals surface area contributed by atoms with Gasteiger partial charge in [0.2, 0.25) is 0 Å². The minimum Gasteiger partial charge on any atom is -0.457 e. The molecular formula is C16H16O. The fourth-order valence-electron chi connectivity index (χ4n) is 2.49. The molecule has 0 amide bonds. The third-order valence-electron chi connectivity index (χ3n) is 3.32. The molecule has 1 heteroatoms. The van der Waals surface area contributed by atoms with E-state index >= 15 is 0 Å². The average molecular weight is 224 g/mol. The van der Waals surface area contributed by atoms with Crippen LogP contribution in [0.2, 0.25) is 0 Å². The van der Waals surface area contributed by atoms with E-state index in [4.69, 9.17) is 4.74 Å². The summed E-state index contributed by atoms with van der Waals surface area (Å²) >= 11 is 0. The van der Waals surface area contributed by atoms with Gasteiger partial charge in [0, 0.05) is 0 Å². The van der Waals surface area contributed by atoms with Crippen LogP contribution in [0.5, 0.6) is 11.5 Å². The topological polar surface area (TPSA) is 9.23 Å². The van der Waals surface area contributed by atoms with E-state index in [0.717, 1.165) is 17.9 Å². The quantitative estimate of drug-likeness (QED) is 0.740. The smallest absolute Gasteiger partial charge is 0.130 e. The van der Waals surface area contributed by atoms with E-state index in [-0.39, 0.29) is 0 Å². The Hall–Kier alpha value is -1.76. The molecule has 0 unspecified atom stereocenters. The van der Waals surface area contributed by atoms with E-state index in [2.05, 4.69) is 37.3 Å². The third kappa shape index (κ3) is 2.05. The monoisotopic (exact) mass is 224 g/mol. The zero-order valence-corrected chi connectivity index (χ0v) is 10.1. The Kier molecular flexibility index (Phi) is 2.60.